The molecule has 3 rings (SSSR count). The van der Waals surface area contributed by atoms with Gasteiger partial charge in [-0.25, -0.2) is 12.8 Å². The quantitative estimate of drug-likeness (QED) is 0.543. The van der Waals surface area contributed by atoms with Crippen LogP contribution in [0.25, 0.3) is 0 Å². The van der Waals surface area contributed by atoms with Crippen LogP contribution in [0.2, 0.25) is 0 Å². The van der Waals surface area contributed by atoms with Gasteiger partial charge in [-0.15, -0.1) is 0 Å². The number of ether oxygens (including phenoxy) is 1. The first-order chi connectivity index (χ1) is 15.4. The first-order valence-electron chi connectivity index (χ1n) is 11.0. The van der Waals surface area contributed by atoms with E-state index in [0.29, 0.717) is 39.1 Å². The third kappa shape index (κ3) is 6.37. The number of carbonyl (C=O) groups excluding carboxylic acids is 1. The van der Waals surface area contributed by atoms with Gasteiger partial charge in [-0.1, -0.05) is 30.3 Å². The van der Waals surface area contributed by atoms with Gasteiger partial charge >= 0.3 is 0 Å². The fourth-order valence-corrected chi connectivity index (χ4v) is 5.55. The molecule has 0 aliphatic carbocycles. The van der Waals surface area contributed by atoms with Crippen LogP contribution in [0.5, 0.6) is 0 Å². The van der Waals surface area contributed by atoms with E-state index in [9.17, 15) is 17.6 Å². The van der Waals surface area contributed by atoms with Crippen molar-refractivity contribution in [3.8, 4) is 0 Å². The summed E-state index contributed by atoms with van der Waals surface area (Å²) in [6, 6.07) is 14.9. The maximum Gasteiger partial charge on any atom is 0.243 e. The molecule has 1 atom stereocenters. The molecular weight excluding hydrogens is 431 g/mol. The van der Waals surface area contributed by atoms with Gasteiger partial charge < -0.3 is 9.64 Å². The van der Waals surface area contributed by atoms with E-state index in [0.717, 1.165) is 25.0 Å². The Morgan fingerprint density at radius 3 is 2.53 bits per heavy atom. The van der Waals surface area contributed by atoms with Crippen LogP contribution in [0.3, 0.4) is 0 Å². The zero-order valence-electron chi connectivity index (χ0n) is 18.5. The minimum atomic E-state index is -3.77. The molecule has 0 radical (unpaired) electrons. The lowest BCUT2D eigenvalue weighted by atomic mass is 9.97. The molecule has 1 unspecified atom stereocenters. The van der Waals surface area contributed by atoms with Crippen LogP contribution < -0.4 is 0 Å². The SMILES string of the molecule is COCCN(CCCc1ccccc1)C(=O)C1CCCN(S(=O)(=O)c2ccc(F)cc2)C1. The van der Waals surface area contributed by atoms with Gasteiger partial charge in [0, 0.05) is 33.3 Å². The molecule has 1 aliphatic rings. The normalized spacial score (nSPS) is 17.2. The minimum Gasteiger partial charge on any atom is -0.383 e. The topological polar surface area (TPSA) is 66.9 Å². The number of aryl methyl sites for hydroxylation is 1. The predicted octanol–water partition coefficient (Wildman–Crippen LogP) is 3.33. The highest BCUT2D eigenvalue weighted by Gasteiger charge is 2.35. The number of hydrogen-bond acceptors (Lipinski definition) is 4. The van der Waals surface area contributed by atoms with Crippen LogP contribution >= 0.6 is 0 Å². The first kappa shape index (κ1) is 24.4. The van der Waals surface area contributed by atoms with Crippen molar-refractivity contribution >= 4 is 15.9 Å². The highest BCUT2D eigenvalue weighted by Crippen LogP contribution is 2.25. The molecule has 174 valence electrons. The van der Waals surface area contributed by atoms with Gasteiger partial charge in [0.15, 0.2) is 0 Å². The van der Waals surface area contributed by atoms with Crippen molar-refractivity contribution in [1.29, 1.82) is 0 Å². The van der Waals surface area contributed by atoms with Crippen molar-refractivity contribution in [3.63, 3.8) is 0 Å². The number of sulfonamides is 1. The summed E-state index contributed by atoms with van der Waals surface area (Å²) in [4.78, 5) is 15.1. The van der Waals surface area contributed by atoms with Gasteiger partial charge in [-0.2, -0.15) is 4.31 Å². The number of methoxy groups -OCH3 is 1. The molecule has 6 nitrogen and oxygen atoms in total. The molecule has 0 N–H and O–H groups in total. The van der Waals surface area contributed by atoms with Gasteiger partial charge in [-0.3, -0.25) is 4.79 Å². The molecule has 0 spiro atoms. The molecule has 1 amide bonds. The molecule has 0 aromatic heterocycles. The Morgan fingerprint density at radius 2 is 1.84 bits per heavy atom. The fourth-order valence-electron chi connectivity index (χ4n) is 4.03. The fraction of sp³-hybridized carbons (Fsp3) is 0.458. The second kappa shape index (κ2) is 11.5. The number of halogens is 1. The molecule has 0 saturated carbocycles. The Balaban J connectivity index is 1.65. The smallest absolute Gasteiger partial charge is 0.243 e. The maximum absolute atomic E-state index is 13.3. The average molecular weight is 463 g/mol. The van der Waals surface area contributed by atoms with Gasteiger partial charge in [0.25, 0.3) is 0 Å². The number of piperidine rings is 1. The molecule has 2 aromatic carbocycles. The number of rotatable bonds is 10. The number of amides is 1. The van der Waals surface area contributed by atoms with Crippen LogP contribution in [0.15, 0.2) is 59.5 Å². The van der Waals surface area contributed by atoms with Crippen molar-refractivity contribution in [1.82, 2.24) is 9.21 Å². The number of hydrogen-bond donors (Lipinski definition) is 0. The summed E-state index contributed by atoms with van der Waals surface area (Å²) in [6.07, 6.45) is 2.95. The van der Waals surface area contributed by atoms with E-state index >= 15 is 0 Å². The molecule has 0 bridgehead atoms. The lowest BCUT2D eigenvalue weighted by molar-refractivity contribution is -0.137. The molecule has 1 fully saturated rings. The van der Waals surface area contributed by atoms with Crippen molar-refractivity contribution in [2.75, 3.05) is 39.9 Å². The standard InChI is InChI=1S/C24H31FN2O4S/c1-31-18-17-26(15-5-9-20-7-3-2-4-8-20)24(28)21-10-6-16-27(19-21)32(29,30)23-13-11-22(25)12-14-23/h2-4,7-8,11-14,21H,5-6,9-10,15-19H2,1H3. The minimum absolute atomic E-state index is 0.0332. The Labute approximate surface area is 190 Å². The number of carbonyl (C=O) groups is 1. The molecule has 2 aromatic rings. The summed E-state index contributed by atoms with van der Waals surface area (Å²) in [5.74, 6) is -0.915. The lowest BCUT2D eigenvalue weighted by Crippen LogP contribution is -2.47. The maximum atomic E-state index is 13.3. The largest absolute Gasteiger partial charge is 0.383 e. The molecule has 1 aliphatic heterocycles. The van der Waals surface area contributed by atoms with E-state index in [1.807, 2.05) is 18.2 Å². The lowest BCUT2D eigenvalue weighted by Gasteiger charge is -2.34. The number of benzene rings is 2. The van der Waals surface area contributed by atoms with Crippen LogP contribution in [-0.4, -0.2) is 63.4 Å². The van der Waals surface area contributed by atoms with Crippen molar-refractivity contribution in [3.05, 3.63) is 66.0 Å². The van der Waals surface area contributed by atoms with Gasteiger partial charge in [0.05, 0.1) is 17.4 Å². The summed E-state index contributed by atoms with van der Waals surface area (Å²) in [5.41, 5.74) is 1.22. The van der Waals surface area contributed by atoms with Crippen molar-refractivity contribution in [2.24, 2.45) is 5.92 Å². The van der Waals surface area contributed by atoms with E-state index in [2.05, 4.69) is 12.1 Å². The Hall–Kier alpha value is -2.29. The van der Waals surface area contributed by atoms with Gasteiger partial charge in [-0.05, 0) is 55.5 Å². The van der Waals surface area contributed by atoms with E-state index in [1.165, 1.54) is 22.0 Å². The van der Waals surface area contributed by atoms with Crippen LogP contribution in [0.4, 0.5) is 4.39 Å². The van der Waals surface area contributed by atoms with Crippen molar-refractivity contribution < 1.29 is 22.3 Å². The second-order valence-corrected chi connectivity index (χ2v) is 10.0. The Morgan fingerprint density at radius 1 is 1.12 bits per heavy atom. The van der Waals surface area contributed by atoms with Crippen LogP contribution in [0, 0.1) is 11.7 Å². The van der Waals surface area contributed by atoms with Gasteiger partial charge in [0.2, 0.25) is 15.9 Å². The highest BCUT2D eigenvalue weighted by atomic mass is 32.2. The average Bonchev–Trinajstić information content (AvgIpc) is 2.82. The third-order valence-corrected chi connectivity index (χ3v) is 7.68. The highest BCUT2D eigenvalue weighted by molar-refractivity contribution is 7.89. The van der Waals surface area contributed by atoms with Crippen molar-refractivity contribution in [2.45, 2.75) is 30.6 Å². The van der Waals surface area contributed by atoms with E-state index in [-0.39, 0.29) is 17.3 Å². The number of nitrogens with zero attached hydrogens (tertiary/aromatic N) is 2. The summed E-state index contributed by atoms with van der Waals surface area (Å²) in [6.45, 7) is 2.00. The molecule has 8 heteroatoms. The monoisotopic (exact) mass is 462 g/mol. The summed E-state index contributed by atoms with van der Waals surface area (Å²) >= 11 is 0. The van der Waals surface area contributed by atoms with E-state index < -0.39 is 21.8 Å². The molecule has 32 heavy (non-hydrogen) atoms. The zero-order chi connectivity index (χ0) is 23.0. The van der Waals surface area contributed by atoms with Gasteiger partial charge in [0.1, 0.15) is 5.82 Å². The second-order valence-electron chi connectivity index (χ2n) is 8.06. The van der Waals surface area contributed by atoms with E-state index in [1.54, 1.807) is 12.0 Å². The predicted molar refractivity (Wildman–Crippen MR) is 121 cm³/mol. The Kier molecular flexibility index (Phi) is 8.78. The van der Waals surface area contributed by atoms with Crippen LogP contribution in [-0.2, 0) is 26.0 Å². The molecule has 1 saturated heterocycles. The van der Waals surface area contributed by atoms with E-state index in [4.69, 9.17) is 4.74 Å². The summed E-state index contributed by atoms with van der Waals surface area (Å²) in [5, 5.41) is 0. The molecular formula is C24H31FN2O4S. The molecule has 1 heterocycles. The summed E-state index contributed by atoms with van der Waals surface area (Å²) < 4.78 is 45.7. The summed E-state index contributed by atoms with van der Waals surface area (Å²) in [7, 11) is -2.17. The third-order valence-electron chi connectivity index (χ3n) is 5.80. The first-order valence-corrected chi connectivity index (χ1v) is 12.4. The Bertz CT molecular complexity index is 967. The zero-order valence-corrected chi connectivity index (χ0v) is 19.3. The van der Waals surface area contributed by atoms with Crippen LogP contribution in [0.1, 0.15) is 24.8 Å².